The molecule has 6 rings (SSSR count). The maximum Gasteiger partial charge on any atom is 0.422 e. The number of nitrogens with zero attached hydrogens (tertiary/aromatic N) is 2. The summed E-state index contributed by atoms with van der Waals surface area (Å²) in [4.78, 5) is 26.1. The van der Waals surface area contributed by atoms with E-state index in [1.54, 1.807) is 16.8 Å². The number of carbonyl (C=O) groups is 2. The Balaban J connectivity index is 1.26. The number of ether oxygens (including phenoxy) is 1. The van der Waals surface area contributed by atoms with Crippen LogP contribution in [0.15, 0.2) is 18.2 Å². The molecule has 3 aliphatic carbocycles. The average molecular weight is 571 g/mol. The van der Waals surface area contributed by atoms with Crippen molar-refractivity contribution < 1.29 is 40.7 Å². The van der Waals surface area contributed by atoms with Gasteiger partial charge in [0.1, 0.15) is 11.2 Å². The van der Waals surface area contributed by atoms with Crippen molar-refractivity contribution in [3.8, 4) is 5.75 Å². The zero-order valence-electron chi connectivity index (χ0n) is 21.5. The van der Waals surface area contributed by atoms with Gasteiger partial charge in [0.05, 0.1) is 29.0 Å². The summed E-state index contributed by atoms with van der Waals surface area (Å²) in [6.45, 7) is -1.18. The number of halogens is 6. The number of nitrogens with one attached hydrogen (secondary N) is 2. The lowest BCUT2D eigenvalue weighted by Gasteiger charge is -2.35. The van der Waals surface area contributed by atoms with Crippen LogP contribution in [0.4, 0.5) is 26.3 Å². The quantitative estimate of drug-likeness (QED) is 0.451. The summed E-state index contributed by atoms with van der Waals surface area (Å²) in [5.41, 5.74) is -0.507. The van der Waals surface area contributed by atoms with E-state index in [9.17, 15) is 35.9 Å². The molecule has 2 N–H and O–H groups in total. The molecule has 0 radical (unpaired) electrons. The van der Waals surface area contributed by atoms with E-state index in [-0.39, 0.29) is 30.7 Å². The third-order valence-corrected chi connectivity index (χ3v) is 8.58. The van der Waals surface area contributed by atoms with E-state index in [2.05, 4.69) is 10.6 Å². The maximum absolute atomic E-state index is 13.5. The number of hydrogen-bond acceptors (Lipinski definition) is 4. The molecule has 0 unspecified atom stereocenters. The van der Waals surface area contributed by atoms with Crippen LogP contribution in [-0.4, -0.2) is 40.6 Å². The normalized spacial score (nSPS) is 23.0. The number of fused-ring (bicyclic) bond motifs is 3. The van der Waals surface area contributed by atoms with Crippen LogP contribution < -0.4 is 15.4 Å². The first kappa shape index (κ1) is 26.9. The molecule has 13 heteroatoms. The minimum atomic E-state index is -4.64. The summed E-state index contributed by atoms with van der Waals surface area (Å²) in [5.74, 6) is -0.903. The second kappa shape index (κ2) is 9.13. The predicted molar refractivity (Wildman–Crippen MR) is 128 cm³/mol. The number of aromatic nitrogens is 2. The van der Waals surface area contributed by atoms with Crippen molar-refractivity contribution in [3.63, 3.8) is 0 Å². The molecule has 7 nitrogen and oxygen atoms in total. The zero-order valence-corrected chi connectivity index (χ0v) is 21.5. The van der Waals surface area contributed by atoms with Crippen LogP contribution in [0.5, 0.6) is 5.75 Å². The highest BCUT2D eigenvalue weighted by molar-refractivity contribution is 5.98. The van der Waals surface area contributed by atoms with Gasteiger partial charge in [0, 0.05) is 13.0 Å². The monoisotopic (exact) mass is 570 g/mol. The van der Waals surface area contributed by atoms with E-state index in [1.807, 2.05) is 0 Å². The molecule has 1 aliphatic heterocycles. The highest BCUT2D eigenvalue weighted by Crippen LogP contribution is 2.57. The number of amides is 2. The molecular weight excluding hydrogens is 542 g/mol. The Morgan fingerprint density at radius 3 is 2.55 bits per heavy atom. The van der Waals surface area contributed by atoms with Crippen LogP contribution in [0.25, 0.3) is 0 Å². The lowest BCUT2D eigenvalue weighted by molar-refractivity contribution is -0.192. The van der Waals surface area contributed by atoms with E-state index >= 15 is 0 Å². The highest BCUT2D eigenvalue weighted by Gasteiger charge is 2.68. The van der Waals surface area contributed by atoms with Crippen LogP contribution >= 0.6 is 0 Å². The third kappa shape index (κ3) is 4.81. The lowest BCUT2D eigenvalue weighted by atomic mass is 9.82. The molecule has 1 spiro atoms. The average Bonchev–Trinajstić information content (AvgIpc) is 3.79. The fourth-order valence-corrected chi connectivity index (χ4v) is 6.02. The Morgan fingerprint density at radius 1 is 1.15 bits per heavy atom. The molecule has 1 aromatic carbocycles. The van der Waals surface area contributed by atoms with E-state index in [0.717, 1.165) is 30.4 Å². The second-order valence-electron chi connectivity index (χ2n) is 11.4. The number of alkyl halides is 6. The van der Waals surface area contributed by atoms with Crippen molar-refractivity contribution in [2.75, 3.05) is 6.61 Å². The van der Waals surface area contributed by atoms with Crippen LogP contribution in [0.2, 0.25) is 0 Å². The molecule has 1 atom stereocenters. The van der Waals surface area contributed by atoms with Crippen molar-refractivity contribution in [1.82, 2.24) is 20.4 Å². The Bertz CT molecular complexity index is 1360. The number of rotatable bonds is 8. The van der Waals surface area contributed by atoms with Gasteiger partial charge in [0.2, 0.25) is 5.91 Å². The summed E-state index contributed by atoms with van der Waals surface area (Å²) in [7, 11) is 0. The first-order valence-electron chi connectivity index (χ1n) is 13.4. The van der Waals surface area contributed by atoms with Crippen molar-refractivity contribution in [2.45, 2.75) is 82.3 Å². The Labute approximate surface area is 225 Å². The number of aryl methyl sites for hydroxylation is 2. The molecule has 2 heterocycles. The summed E-state index contributed by atoms with van der Waals surface area (Å²) >= 11 is 0. The van der Waals surface area contributed by atoms with Gasteiger partial charge in [-0.1, -0.05) is 18.9 Å². The SMILES string of the molecule is O=C1N[C@@]2(CCc3cc(OCC(F)(F)F)ccc32)Cc2nn(CCC3CC3)c(CNC(=O)C3(C(F)(F)F)CC3)c21. The minimum Gasteiger partial charge on any atom is -0.484 e. The van der Waals surface area contributed by atoms with Gasteiger partial charge >= 0.3 is 12.4 Å². The van der Waals surface area contributed by atoms with Crippen LogP contribution in [0.1, 0.15) is 71.4 Å². The minimum absolute atomic E-state index is 0.0885. The number of carbonyl (C=O) groups excluding carboxylic acids is 2. The molecule has 2 fully saturated rings. The second-order valence-corrected chi connectivity index (χ2v) is 11.4. The van der Waals surface area contributed by atoms with Crippen molar-refractivity contribution >= 4 is 11.8 Å². The predicted octanol–water partition coefficient (Wildman–Crippen LogP) is 4.71. The Hall–Kier alpha value is -3.25. The topological polar surface area (TPSA) is 85.2 Å². The lowest BCUT2D eigenvalue weighted by Crippen LogP contribution is -2.50. The molecule has 216 valence electrons. The van der Waals surface area contributed by atoms with Crippen molar-refractivity contribution in [3.05, 3.63) is 46.3 Å². The smallest absolute Gasteiger partial charge is 0.422 e. The van der Waals surface area contributed by atoms with Crippen LogP contribution in [-0.2, 0) is 36.3 Å². The van der Waals surface area contributed by atoms with E-state index in [4.69, 9.17) is 9.84 Å². The van der Waals surface area contributed by atoms with E-state index in [1.165, 1.54) is 6.07 Å². The summed E-state index contributed by atoms with van der Waals surface area (Å²) in [6, 6.07) is 4.67. The molecule has 2 amide bonds. The van der Waals surface area contributed by atoms with Crippen LogP contribution in [0.3, 0.4) is 0 Å². The first-order chi connectivity index (χ1) is 18.8. The van der Waals surface area contributed by atoms with Crippen molar-refractivity contribution in [2.24, 2.45) is 11.3 Å². The highest BCUT2D eigenvalue weighted by atomic mass is 19.4. The third-order valence-electron chi connectivity index (χ3n) is 8.58. The van der Waals surface area contributed by atoms with E-state index < -0.39 is 41.7 Å². The molecule has 0 bridgehead atoms. The maximum atomic E-state index is 13.5. The summed E-state index contributed by atoms with van der Waals surface area (Å²) in [5, 5.41) is 10.2. The largest absolute Gasteiger partial charge is 0.484 e. The first-order valence-corrected chi connectivity index (χ1v) is 13.4. The van der Waals surface area contributed by atoms with Gasteiger partial charge in [-0.15, -0.1) is 0 Å². The molecule has 4 aliphatic rings. The fraction of sp³-hybridized carbons (Fsp3) is 0.593. The van der Waals surface area contributed by atoms with Gasteiger partial charge in [-0.25, -0.2) is 0 Å². The summed E-state index contributed by atoms with van der Waals surface area (Å²) < 4.78 is 84.6. The van der Waals surface area contributed by atoms with Gasteiger partial charge in [0.15, 0.2) is 6.61 Å². The van der Waals surface area contributed by atoms with Gasteiger partial charge < -0.3 is 15.4 Å². The molecular formula is C27H28F6N4O3. The molecule has 40 heavy (non-hydrogen) atoms. The van der Waals surface area contributed by atoms with Gasteiger partial charge in [-0.05, 0) is 61.3 Å². The molecule has 2 saturated carbocycles. The summed E-state index contributed by atoms with van der Waals surface area (Å²) in [6.07, 6.45) is -5.29. The molecule has 1 aromatic heterocycles. The van der Waals surface area contributed by atoms with Crippen LogP contribution in [0, 0.1) is 11.3 Å². The van der Waals surface area contributed by atoms with Gasteiger partial charge in [-0.3, -0.25) is 14.3 Å². The molecule has 2 aromatic rings. The number of benzene rings is 1. The van der Waals surface area contributed by atoms with Gasteiger partial charge in [0.25, 0.3) is 5.91 Å². The fourth-order valence-electron chi connectivity index (χ4n) is 6.02. The Kier molecular flexibility index (Phi) is 6.15. The zero-order chi connectivity index (χ0) is 28.5. The Morgan fingerprint density at radius 2 is 1.90 bits per heavy atom. The van der Waals surface area contributed by atoms with E-state index in [0.29, 0.717) is 43.1 Å². The van der Waals surface area contributed by atoms with Crippen molar-refractivity contribution in [1.29, 1.82) is 0 Å². The number of hydrogen-bond donors (Lipinski definition) is 2. The molecule has 0 saturated heterocycles. The van der Waals surface area contributed by atoms with Gasteiger partial charge in [-0.2, -0.15) is 31.4 Å². The standard InChI is InChI=1S/C27H28F6N4O3/c28-26(29,30)14-40-17-3-4-18-16(11-17)5-7-25(18)12-19-21(22(38)35-25)20(37(36-19)10-6-15-1-2-15)13-34-23(39)24(8-9-24)27(31,32)33/h3-4,11,15H,1-2,5-10,12-14H2,(H,34,39)(H,35,38)/t25-/m0/s1.